The van der Waals surface area contributed by atoms with Gasteiger partial charge in [0.1, 0.15) is 11.1 Å². The van der Waals surface area contributed by atoms with Crippen LogP contribution >= 0.6 is 0 Å². The first kappa shape index (κ1) is 12.1. The number of furan rings is 1. The normalized spacial score (nSPS) is 12.4. The van der Waals surface area contributed by atoms with Crippen LogP contribution in [0.5, 0.6) is 0 Å². The summed E-state index contributed by atoms with van der Waals surface area (Å²) in [5.74, 6) is 0.840. The van der Waals surface area contributed by atoms with Gasteiger partial charge in [0.15, 0.2) is 5.58 Å². The van der Waals surface area contributed by atoms with E-state index in [0.717, 1.165) is 55.6 Å². The largest absolute Gasteiger partial charge is 0.454 e. The fourth-order valence-corrected chi connectivity index (χ4v) is 3.54. The van der Waals surface area contributed by atoms with E-state index in [4.69, 9.17) is 4.42 Å². The van der Waals surface area contributed by atoms with Crippen molar-refractivity contribution in [2.75, 3.05) is 0 Å². The molecule has 0 spiro atoms. The second-order valence-electron chi connectivity index (χ2n) is 6.15. The molecule has 2 aromatic carbocycles. The lowest BCUT2D eigenvalue weighted by Crippen LogP contribution is -1.81. The van der Waals surface area contributed by atoms with Gasteiger partial charge in [0.25, 0.3) is 0 Å². The van der Waals surface area contributed by atoms with E-state index in [0.29, 0.717) is 0 Å². The van der Waals surface area contributed by atoms with E-state index in [9.17, 15) is 0 Å². The molecule has 0 amide bonds. The molecule has 0 fully saturated rings. The molecule has 4 aromatic heterocycles. The monoisotopic (exact) mass is 312 g/mol. The molecule has 1 N–H and O–H groups in total. The predicted octanol–water partition coefficient (Wildman–Crippen LogP) is 4.57. The van der Waals surface area contributed by atoms with Gasteiger partial charge in [-0.2, -0.15) is 0 Å². The quantitative estimate of drug-likeness (QED) is 0.447. The molecule has 0 bridgehead atoms. The molecule has 6 aromatic rings. The molecule has 0 aliphatic heterocycles. The molecule has 114 valence electrons. The Morgan fingerprint density at radius 3 is 2.83 bits per heavy atom. The first-order valence-corrected chi connectivity index (χ1v) is 7.87. The number of benzene rings is 2. The number of nitrogens with zero attached hydrogens (tertiary/aromatic N) is 3. The summed E-state index contributed by atoms with van der Waals surface area (Å²) in [6, 6.07) is 16.3. The van der Waals surface area contributed by atoms with Crippen LogP contribution in [-0.4, -0.2) is 19.4 Å². The summed E-state index contributed by atoms with van der Waals surface area (Å²) in [5.41, 5.74) is 7.70. The minimum atomic E-state index is 0.815. The van der Waals surface area contributed by atoms with Gasteiger partial charge in [0.05, 0.1) is 22.1 Å². The summed E-state index contributed by atoms with van der Waals surface area (Å²) in [7, 11) is 0. The molecule has 6 rings (SSSR count). The predicted molar refractivity (Wildman–Crippen MR) is 94.4 cm³/mol. The molecule has 0 radical (unpaired) electrons. The Bertz CT molecular complexity index is 1420. The number of nitrogens with one attached hydrogen (secondary N) is 1. The highest BCUT2D eigenvalue weighted by Gasteiger charge is 2.15. The second kappa shape index (κ2) is 3.94. The maximum atomic E-state index is 6.01. The highest BCUT2D eigenvalue weighted by molar-refractivity contribution is 6.08. The Morgan fingerprint density at radius 2 is 1.88 bits per heavy atom. The summed E-state index contributed by atoms with van der Waals surface area (Å²) < 4.78 is 8.15. The number of rotatable bonds is 0. The van der Waals surface area contributed by atoms with Crippen molar-refractivity contribution in [2.24, 2.45) is 0 Å². The average molecular weight is 312 g/mol. The minimum absolute atomic E-state index is 0.815. The van der Waals surface area contributed by atoms with E-state index in [2.05, 4.69) is 37.6 Å². The van der Waals surface area contributed by atoms with E-state index in [1.807, 2.05) is 37.3 Å². The number of aryl methyl sites for hydroxylation is 1. The number of fused-ring (bicyclic) bond motifs is 8. The fraction of sp³-hybridized carbons (Fsp3) is 0.0526. The third-order valence-electron chi connectivity index (χ3n) is 4.62. The topological polar surface area (TPSA) is 59.1 Å². The number of pyridine rings is 1. The van der Waals surface area contributed by atoms with Gasteiger partial charge in [-0.05, 0) is 37.3 Å². The zero-order valence-corrected chi connectivity index (χ0v) is 12.9. The van der Waals surface area contributed by atoms with Crippen molar-refractivity contribution in [1.29, 1.82) is 0 Å². The van der Waals surface area contributed by atoms with Crippen molar-refractivity contribution in [3.63, 3.8) is 0 Å². The van der Waals surface area contributed by atoms with Crippen LogP contribution in [0.3, 0.4) is 0 Å². The van der Waals surface area contributed by atoms with Gasteiger partial charge in [0.2, 0.25) is 5.78 Å². The standard InChI is InChI=1S/C19H12N4O/c1-10-6-7-16-18(20-10)11-8-13-15(9-17(11)24-16)23-14-5-3-2-4-12(14)21-19(23)22-13/h2-9H,1H3,(H,21,22). The van der Waals surface area contributed by atoms with Crippen molar-refractivity contribution >= 4 is 49.9 Å². The lowest BCUT2D eigenvalue weighted by molar-refractivity contribution is 0.668. The first-order chi connectivity index (χ1) is 11.8. The molecule has 0 saturated heterocycles. The van der Waals surface area contributed by atoms with Crippen molar-refractivity contribution < 1.29 is 4.42 Å². The van der Waals surface area contributed by atoms with Crippen LogP contribution < -0.4 is 0 Å². The van der Waals surface area contributed by atoms with Crippen LogP contribution in [0.2, 0.25) is 0 Å². The van der Waals surface area contributed by atoms with Crippen molar-refractivity contribution in [2.45, 2.75) is 6.92 Å². The van der Waals surface area contributed by atoms with Gasteiger partial charge < -0.3 is 9.40 Å². The molecular formula is C19H12N4O. The molecule has 5 nitrogen and oxygen atoms in total. The van der Waals surface area contributed by atoms with Gasteiger partial charge in [-0.25, -0.2) is 9.97 Å². The van der Waals surface area contributed by atoms with E-state index in [1.165, 1.54) is 0 Å². The van der Waals surface area contributed by atoms with Crippen LogP contribution in [0.25, 0.3) is 49.9 Å². The van der Waals surface area contributed by atoms with E-state index < -0.39 is 0 Å². The Morgan fingerprint density at radius 1 is 0.958 bits per heavy atom. The highest BCUT2D eigenvalue weighted by Crippen LogP contribution is 2.32. The maximum Gasteiger partial charge on any atom is 0.213 e. The van der Waals surface area contributed by atoms with Gasteiger partial charge in [-0.1, -0.05) is 12.1 Å². The fourth-order valence-electron chi connectivity index (χ4n) is 3.54. The number of hydrogen-bond acceptors (Lipinski definition) is 3. The molecule has 0 saturated carbocycles. The van der Waals surface area contributed by atoms with Crippen molar-refractivity contribution in [3.05, 3.63) is 54.2 Å². The average Bonchev–Trinajstić information content (AvgIpc) is 3.21. The SMILES string of the molecule is Cc1ccc2oc3cc4c(cc3c2n1)[nH]c1nc2ccccc2n14. The molecule has 0 atom stereocenters. The zero-order chi connectivity index (χ0) is 15.8. The lowest BCUT2D eigenvalue weighted by atomic mass is 10.2. The molecular weight excluding hydrogens is 300 g/mol. The Hall–Kier alpha value is -3.34. The minimum Gasteiger partial charge on any atom is -0.454 e. The maximum absolute atomic E-state index is 6.01. The molecule has 0 unspecified atom stereocenters. The lowest BCUT2D eigenvalue weighted by Gasteiger charge is -1.95. The smallest absolute Gasteiger partial charge is 0.213 e. The highest BCUT2D eigenvalue weighted by atomic mass is 16.3. The second-order valence-corrected chi connectivity index (χ2v) is 6.15. The molecule has 5 heteroatoms. The van der Waals surface area contributed by atoms with Crippen LogP contribution in [0.4, 0.5) is 0 Å². The van der Waals surface area contributed by atoms with E-state index >= 15 is 0 Å². The molecule has 0 aliphatic carbocycles. The van der Waals surface area contributed by atoms with Crippen LogP contribution in [0.1, 0.15) is 5.69 Å². The van der Waals surface area contributed by atoms with Crippen LogP contribution in [0, 0.1) is 6.92 Å². The van der Waals surface area contributed by atoms with Gasteiger partial charge in [0, 0.05) is 17.1 Å². The number of H-pyrrole nitrogens is 1. The molecule has 24 heavy (non-hydrogen) atoms. The summed E-state index contributed by atoms with van der Waals surface area (Å²) in [6.45, 7) is 1.99. The Kier molecular flexibility index (Phi) is 1.99. The number of aromatic nitrogens is 4. The Balaban J connectivity index is 1.83. The van der Waals surface area contributed by atoms with E-state index in [-0.39, 0.29) is 0 Å². The summed E-state index contributed by atoms with van der Waals surface area (Å²) >= 11 is 0. The number of aromatic amines is 1. The number of para-hydroxylation sites is 2. The Labute approximate surface area is 135 Å². The zero-order valence-electron chi connectivity index (χ0n) is 12.9. The van der Waals surface area contributed by atoms with Crippen molar-refractivity contribution in [3.8, 4) is 0 Å². The molecule has 4 heterocycles. The first-order valence-electron chi connectivity index (χ1n) is 7.87. The number of hydrogen-bond donors (Lipinski definition) is 1. The van der Waals surface area contributed by atoms with E-state index in [1.54, 1.807) is 0 Å². The third kappa shape index (κ3) is 1.39. The summed E-state index contributed by atoms with van der Waals surface area (Å²) in [5, 5.41) is 1.02. The van der Waals surface area contributed by atoms with Crippen LogP contribution in [0.15, 0.2) is 52.9 Å². The van der Waals surface area contributed by atoms with Gasteiger partial charge in [-0.15, -0.1) is 0 Å². The summed E-state index contributed by atoms with van der Waals surface area (Å²) in [6.07, 6.45) is 0. The summed E-state index contributed by atoms with van der Waals surface area (Å²) in [4.78, 5) is 12.7. The molecule has 0 aliphatic rings. The third-order valence-corrected chi connectivity index (χ3v) is 4.62. The van der Waals surface area contributed by atoms with Gasteiger partial charge >= 0.3 is 0 Å². The van der Waals surface area contributed by atoms with Gasteiger partial charge in [-0.3, -0.25) is 4.40 Å². The number of imidazole rings is 2. The van der Waals surface area contributed by atoms with Crippen LogP contribution in [-0.2, 0) is 0 Å². The van der Waals surface area contributed by atoms with Crippen molar-refractivity contribution in [1.82, 2.24) is 19.4 Å².